The van der Waals surface area contributed by atoms with Crippen LogP contribution in [0.1, 0.15) is 25.3 Å². The van der Waals surface area contributed by atoms with Gasteiger partial charge >= 0.3 is 0 Å². The van der Waals surface area contributed by atoms with Crippen molar-refractivity contribution in [3.8, 4) is 5.95 Å². The lowest BCUT2D eigenvalue weighted by Crippen LogP contribution is -1.78. The third-order valence-electron chi connectivity index (χ3n) is 1.46. The first kappa shape index (κ1) is 7.19. The van der Waals surface area contributed by atoms with Gasteiger partial charge in [0.25, 0.3) is 5.95 Å². The van der Waals surface area contributed by atoms with Crippen molar-refractivity contribution in [2.45, 2.75) is 26.2 Å². The van der Waals surface area contributed by atoms with Crippen LogP contribution < -0.4 is 0 Å². The first-order valence-corrected chi connectivity index (χ1v) is 3.59. The molecular formula is C8H12O2. The molecule has 2 heteroatoms. The zero-order valence-corrected chi connectivity index (χ0v) is 6.13. The van der Waals surface area contributed by atoms with Crippen LogP contribution in [-0.4, -0.2) is 5.11 Å². The van der Waals surface area contributed by atoms with Crippen LogP contribution in [0, 0.1) is 0 Å². The third kappa shape index (κ3) is 1.79. The van der Waals surface area contributed by atoms with Gasteiger partial charge in [-0.2, -0.15) is 0 Å². The van der Waals surface area contributed by atoms with Gasteiger partial charge in [-0.15, -0.1) is 0 Å². The molecule has 1 aromatic rings. The molecule has 1 aromatic heterocycles. The summed E-state index contributed by atoms with van der Waals surface area (Å²) in [6.45, 7) is 2.14. The average molecular weight is 140 g/mol. The van der Waals surface area contributed by atoms with Gasteiger partial charge in [0.05, 0.1) is 6.26 Å². The maximum Gasteiger partial charge on any atom is 0.281 e. The summed E-state index contributed by atoms with van der Waals surface area (Å²) in [5.74, 6) is 0.0195. The fraction of sp³-hybridized carbons (Fsp3) is 0.500. The summed E-state index contributed by atoms with van der Waals surface area (Å²) in [4.78, 5) is 0. The van der Waals surface area contributed by atoms with Crippen molar-refractivity contribution >= 4 is 0 Å². The van der Waals surface area contributed by atoms with Gasteiger partial charge in [0.15, 0.2) is 0 Å². The van der Waals surface area contributed by atoms with Crippen LogP contribution in [0.25, 0.3) is 0 Å². The van der Waals surface area contributed by atoms with Crippen LogP contribution in [0.4, 0.5) is 0 Å². The third-order valence-corrected chi connectivity index (χ3v) is 1.46. The Morgan fingerprint density at radius 2 is 2.40 bits per heavy atom. The second-order valence-electron chi connectivity index (χ2n) is 2.40. The number of hydrogen-bond acceptors (Lipinski definition) is 2. The molecule has 0 aliphatic rings. The molecule has 0 aliphatic carbocycles. The molecule has 0 aliphatic heterocycles. The molecule has 0 unspecified atom stereocenters. The fourth-order valence-electron chi connectivity index (χ4n) is 0.875. The highest BCUT2D eigenvalue weighted by atomic mass is 16.5. The van der Waals surface area contributed by atoms with Crippen molar-refractivity contribution in [1.29, 1.82) is 0 Å². The normalized spacial score (nSPS) is 10.1. The molecule has 0 saturated heterocycles. The number of rotatable bonds is 3. The Morgan fingerprint density at radius 3 is 2.90 bits per heavy atom. The van der Waals surface area contributed by atoms with Crippen LogP contribution in [0.2, 0.25) is 0 Å². The predicted molar refractivity (Wildman–Crippen MR) is 39.0 cm³/mol. The molecule has 10 heavy (non-hydrogen) atoms. The van der Waals surface area contributed by atoms with Gasteiger partial charge in [-0.1, -0.05) is 13.3 Å². The average Bonchev–Trinajstić information content (AvgIpc) is 2.31. The molecule has 2 nitrogen and oxygen atoms in total. The van der Waals surface area contributed by atoms with Crippen LogP contribution in [0.15, 0.2) is 16.7 Å². The Hall–Kier alpha value is -0.920. The predicted octanol–water partition coefficient (Wildman–Crippen LogP) is 2.33. The summed E-state index contributed by atoms with van der Waals surface area (Å²) in [5.41, 5.74) is 1.08. The van der Waals surface area contributed by atoms with Crippen LogP contribution >= 0.6 is 0 Å². The van der Waals surface area contributed by atoms with E-state index in [0.717, 1.165) is 18.4 Å². The maximum absolute atomic E-state index is 8.79. The molecule has 0 fully saturated rings. The molecular weight excluding hydrogens is 128 g/mol. The zero-order chi connectivity index (χ0) is 7.40. The van der Waals surface area contributed by atoms with E-state index in [9.17, 15) is 0 Å². The summed E-state index contributed by atoms with van der Waals surface area (Å²) >= 11 is 0. The van der Waals surface area contributed by atoms with E-state index in [2.05, 4.69) is 6.92 Å². The molecule has 0 radical (unpaired) electrons. The van der Waals surface area contributed by atoms with E-state index in [1.165, 1.54) is 6.42 Å². The lowest BCUT2D eigenvalue weighted by Gasteiger charge is -1.89. The second-order valence-corrected chi connectivity index (χ2v) is 2.40. The highest BCUT2D eigenvalue weighted by molar-refractivity contribution is 5.15. The summed E-state index contributed by atoms with van der Waals surface area (Å²) in [6.07, 6.45) is 4.93. The molecule has 0 atom stereocenters. The SMILES string of the molecule is CCCCc1coc(O)c1. The van der Waals surface area contributed by atoms with Gasteiger partial charge in [0, 0.05) is 6.07 Å². The van der Waals surface area contributed by atoms with E-state index in [0.29, 0.717) is 0 Å². The monoisotopic (exact) mass is 140 g/mol. The maximum atomic E-state index is 8.79. The Balaban J connectivity index is 2.42. The van der Waals surface area contributed by atoms with E-state index < -0.39 is 0 Å². The summed E-state index contributed by atoms with van der Waals surface area (Å²) in [5, 5.41) is 8.79. The van der Waals surface area contributed by atoms with Crippen LogP contribution in [0.3, 0.4) is 0 Å². The highest BCUT2D eigenvalue weighted by Gasteiger charge is 1.97. The minimum Gasteiger partial charge on any atom is -0.481 e. The van der Waals surface area contributed by atoms with Gasteiger partial charge in [-0.05, 0) is 18.4 Å². The zero-order valence-electron chi connectivity index (χ0n) is 6.13. The first-order chi connectivity index (χ1) is 4.83. The smallest absolute Gasteiger partial charge is 0.281 e. The van der Waals surface area contributed by atoms with Crippen molar-refractivity contribution in [3.05, 3.63) is 17.9 Å². The second kappa shape index (κ2) is 3.30. The number of furan rings is 1. The van der Waals surface area contributed by atoms with Crippen molar-refractivity contribution < 1.29 is 9.52 Å². The van der Waals surface area contributed by atoms with Crippen molar-refractivity contribution in [2.24, 2.45) is 0 Å². The van der Waals surface area contributed by atoms with Crippen LogP contribution in [-0.2, 0) is 6.42 Å². The lowest BCUT2D eigenvalue weighted by atomic mass is 10.2. The van der Waals surface area contributed by atoms with Gasteiger partial charge in [0.1, 0.15) is 0 Å². The van der Waals surface area contributed by atoms with Crippen LogP contribution in [0.5, 0.6) is 5.95 Å². The standard InChI is InChI=1S/C8H12O2/c1-2-3-4-7-5-8(9)10-6-7/h5-6,9H,2-4H2,1H3. The van der Waals surface area contributed by atoms with E-state index in [-0.39, 0.29) is 5.95 Å². The first-order valence-electron chi connectivity index (χ1n) is 3.59. The summed E-state index contributed by atoms with van der Waals surface area (Å²) < 4.78 is 4.72. The Kier molecular flexibility index (Phi) is 2.37. The quantitative estimate of drug-likeness (QED) is 0.699. The number of aromatic hydroxyl groups is 1. The molecule has 0 bridgehead atoms. The van der Waals surface area contributed by atoms with Crippen molar-refractivity contribution in [1.82, 2.24) is 0 Å². The largest absolute Gasteiger partial charge is 0.481 e. The minimum atomic E-state index is 0.0195. The number of hydrogen-bond donors (Lipinski definition) is 1. The molecule has 0 amide bonds. The van der Waals surface area contributed by atoms with E-state index in [1.807, 2.05) is 0 Å². The minimum absolute atomic E-state index is 0.0195. The molecule has 0 spiro atoms. The molecule has 56 valence electrons. The van der Waals surface area contributed by atoms with Gasteiger partial charge < -0.3 is 9.52 Å². The van der Waals surface area contributed by atoms with Crippen molar-refractivity contribution in [2.75, 3.05) is 0 Å². The highest BCUT2D eigenvalue weighted by Crippen LogP contribution is 2.15. The van der Waals surface area contributed by atoms with E-state index in [1.54, 1.807) is 12.3 Å². The molecule has 1 N–H and O–H groups in total. The Bertz CT molecular complexity index is 191. The fourth-order valence-corrected chi connectivity index (χ4v) is 0.875. The van der Waals surface area contributed by atoms with Crippen molar-refractivity contribution in [3.63, 3.8) is 0 Å². The lowest BCUT2D eigenvalue weighted by molar-refractivity contribution is 0.332. The summed E-state index contributed by atoms with van der Waals surface area (Å²) in [7, 11) is 0. The van der Waals surface area contributed by atoms with Gasteiger partial charge in [-0.25, -0.2) is 0 Å². The Labute approximate surface area is 60.5 Å². The molecule has 1 rings (SSSR count). The van der Waals surface area contributed by atoms with E-state index in [4.69, 9.17) is 9.52 Å². The summed E-state index contributed by atoms with van der Waals surface area (Å²) in [6, 6.07) is 1.66. The van der Waals surface area contributed by atoms with E-state index >= 15 is 0 Å². The molecule has 1 heterocycles. The number of aryl methyl sites for hydroxylation is 1. The van der Waals surface area contributed by atoms with Gasteiger partial charge in [-0.3, -0.25) is 0 Å². The number of unbranched alkanes of at least 4 members (excludes halogenated alkanes) is 1. The topological polar surface area (TPSA) is 33.4 Å². The van der Waals surface area contributed by atoms with Gasteiger partial charge in [0.2, 0.25) is 0 Å². The molecule has 0 aromatic carbocycles. The Morgan fingerprint density at radius 1 is 1.60 bits per heavy atom. The molecule has 0 saturated carbocycles.